The average molecular weight is 1130 g/mol. The summed E-state index contributed by atoms with van der Waals surface area (Å²) in [6, 6.07) is 18.6. The molecule has 3 aromatic rings. The van der Waals surface area contributed by atoms with Crippen molar-refractivity contribution in [3.63, 3.8) is 0 Å². The number of anilines is 4. The van der Waals surface area contributed by atoms with Gasteiger partial charge in [0.05, 0.1) is 26.4 Å². The largest absolute Gasteiger partial charge is 0.530 e. The summed E-state index contributed by atoms with van der Waals surface area (Å²) < 4.78 is 61.4. The maximum absolute atomic E-state index is 13.8. The van der Waals surface area contributed by atoms with Gasteiger partial charge in [-0.3, -0.25) is 30.3 Å². The zero-order valence-electron chi connectivity index (χ0n) is 45.9. The lowest BCUT2D eigenvalue weighted by atomic mass is 9.98. The molecule has 80 heavy (non-hydrogen) atoms. The molecule has 0 aliphatic heterocycles. The van der Waals surface area contributed by atoms with Crippen molar-refractivity contribution in [3.8, 4) is 5.75 Å². The second-order valence-electron chi connectivity index (χ2n) is 17.7. The lowest BCUT2D eigenvalue weighted by Gasteiger charge is -2.19. The molecule has 3 aromatic carbocycles. The lowest BCUT2D eigenvalue weighted by Crippen LogP contribution is -2.18. The van der Waals surface area contributed by atoms with E-state index in [4.69, 9.17) is 42.0 Å². The number of aryl methyl sites for hydroxylation is 2. The Morgan fingerprint density at radius 1 is 0.487 bits per heavy atom. The van der Waals surface area contributed by atoms with Crippen molar-refractivity contribution < 1.29 is 75.3 Å². The van der Waals surface area contributed by atoms with Gasteiger partial charge in [-0.15, -0.1) is 13.2 Å². The Morgan fingerprint density at radius 2 is 0.925 bits per heavy atom. The third-order valence-corrected chi connectivity index (χ3v) is 12.8. The van der Waals surface area contributed by atoms with Crippen LogP contribution < -0.4 is 25.8 Å². The minimum absolute atomic E-state index is 0.0983. The summed E-state index contributed by atoms with van der Waals surface area (Å²) >= 11 is 0. The number of esters is 2. The Labute approximate surface area is 469 Å². The topological polar surface area (TPSA) is 251 Å². The first-order chi connectivity index (χ1) is 38.6. The van der Waals surface area contributed by atoms with Gasteiger partial charge in [0.15, 0.2) is 0 Å². The Kier molecular flexibility index (Phi) is 32.7. The Balaban J connectivity index is 1.27. The zero-order valence-corrected chi connectivity index (χ0v) is 46.8. The number of carbonyl (C=O) groups excluding carboxylic acids is 6. The second-order valence-corrected chi connectivity index (χ2v) is 19.3. The number of benzene rings is 3. The van der Waals surface area contributed by atoms with Crippen molar-refractivity contribution in [2.75, 3.05) is 74.1 Å². The summed E-state index contributed by atoms with van der Waals surface area (Å²) in [5.41, 5.74) is 3.29. The number of rotatable bonds is 39. The molecule has 0 fully saturated rings. The van der Waals surface area contributed by atoms with Crippen LogP contribution in [0, 0.1) is 25.7 Å². The van der Waals surface area contributed by atoms with Crippen molar-refractivity contribution in [1.29, 1.82) is 0 Å². The van der Waals surface area contributed by atoms with Gasteiger partial charge in [-0.05, 0) is 156 Å². The predicted octanol–water partition coefficient (Wildman–Crippen LogP) is 13.9. The molecule has 20 nitrogen and oxygen atoms in total. The van der Waals surface area contributed by atoms with Gasteiger partial charge >= 0.3 is 44.1 Å². The number of phosphoric acid groups is 1. The van der Waals surface area contributed by atoms with E-state index in [9.17, 15) is 33.3 Å². The first-order valence-corrected chi connectivity index (χ1v) is 27.9. The molecule has 3 rings (SSSR count). The van der Waals surface area contributed by atoms with Crippen molar-refractivity contribution in [2.24, 2.45) is 11.8 Å². The molecule has 4 amide bonds. The third kappa shape index (κ3) is 29.7. The summed E-state index contributed by atoms with van der Waals surface area (Å²) in [7, 11) is -3.93. The van der Waals surface area contributed by atoms with E-state index in [-0.39, 0.29) is 64.7 Å². The van der Waals surface area contributed by atoms with Crippen LogP contribution in [0.4, 0.5) is 41.9 Å². The SMILES string of the molecule is C=CC(=O)OCCOC(=O)Nc1ccc(NC(=O)OCCC/C=C/CCC(C=C)CCCOP(=O)(OCCC/C=C/CC(C=C)CCCOC(=O)Nc2ccc(NC(=O)OCCOC(=O)C=C)c(C)c2)Oc2ccccc2)cc1C. The van der Waals surface area contributed by atoms with Gasteiger partial charge in [0.1, 0.15) is 32.2 Å². The van der Waals surface area contributed by atoms with E-state index in [2.05, 4.69) is 65.8 Å². The summed E-state index contributed by atoms with van der Waals surface area (Å²) in [6.07, 6.45) is 19.3. The molecular weight excluding hydrogens is 1050 g/mol. The average Bonchev–Trinajstić information content (AvgIpc) is 3.44. The highest BCUT2D eigenvalue weighted by molar-refractivity contribution is 7.48. The number of para-hydroxylation sites is 1. The number of carbonyl (C=O) groups is 6. The van der Waals surface area contributed by atoms with E-state index < -0.39 is 44.1 Å². The molecular formula is C59H77N4O16P. The summed E-state index contributed by atoms with van der Waals surface area (Å²) in [4.78, 5) is 71.1. The Hall–Kier alpha value is -7.93. The van der Waals surface area contributed by atoms with Crippen LogP contribution in [0.25, 0.3) is 0 Å². The molecule has 4 N–H and O–H groups in total. The number of unbranched alkanes of at least 4 members (excludes halogenated alkanes) is 2. The maximum atomic E-state index is 13.8. The number of phosphoric ester groups is 1. The van der Waals surface area contributed by atoms with Crippen LogP contribution in [-0.4, -0.2) is 89.2 Å². The van der Waals surface area contributed by atoms with Gasteiger partial charge in [0.2, 0.25) is 0 Å². The molecule has 434 valence electrons. The van der Waals surface area contributed by atoms with Crippen LogP contribution in [0.3, 0.4) is 0 Å². The predicted molar refractivity (Wildman–Crippen MR) is 308 cm³/mol. The van der Waals surface area contributed by atoms with Crippen molar-refractivity contribution in [2.45, 2.75) is 84.5 Å². The van der Waals surface area contributed by atoms with E-state index >= 15 is 0 Å². The van der Waals surface area contributed by atoms with E-state index in [1.807, 2.05) is 24.3 Å². The molecule has 0 spiro atoms. The van der Waals surface area contributed by atoms with Gasteiger partial charge in [-0.25, -0.2) is 33.3 Å². The number of amides is 4. The minimum atomic E-state index is -3.93. The minimum Gasteiger partial charge on any atom is -0.459 e. The number of hydrogen-bond donors (Lipinski definition) is 4. The van der Waals surface area contributed by atoms with Gasteiger partial charge < -0.3 is 32.9 Å². The van der Waals surface area contributed by atoms with E-state index in [1.54, 1.807) is 74.5 Å². The quantitative estimate of drug-likeness (QED) is 0.0103. The summed E-state index contributed by atoms with van der Waals surface area (Å²) in [5.74, 6) is -0.464. The van der Waals surface area contributed by atoms with E-state index in [0.29, 0.717) is 71.7 Å². The molecule has 3 unspecified atom stereocenters. The van der Waals surface area contributed by atoms with Gasteiger partial charge in [-0.1, -0.05) is 67.8 Å². The standard InChI is InChI=1S/C59H77N4O16P/c1-7-47(27-23-36-74-57(67)61-50-32-34-53(46(6)44-50)63-59(69)76-42-40-72-55(65)10-4)26-18-13-15-22-37-77-80(70,79-51-29-19-16-20-30-51)78-38-24-28-48(8-2)25-17-12-11-14-21-35-73-56(66)60-49-31-33-52(45(5)43-49)62-58(68)75-41-39-71-54(64)9-3/h7-13,16,18-20,29-34,43-44,47-48H,1-4,14-15,17,21-28,35-42H2,5-6H3,(H,60,66)(H,61,67)(H,62,68)(H,63,69)/b12-11+,18-13+. The van der Waals surface area contributed by atoms with Gasteiger partial charge in [0, 0.05) is 34.9 Å². The van der Waals surface area contributed by atoms with E-state index in [0.717, 1.165) is 50.7 Å². The second kappa shape index (κ2) is 39.4. The molecule has 0 aliphatic carbocycles. The number of allylic oxidation sites excluding steroid dienone is 6. The smallest absolute Gasteiger partial charge is 0.459 e. The Morgan fingerprint density at radius 3 is 1.45 bits per heavy atom. The fourth-order valence-corrected chi connectivity index (χ4v) is 8.42. The summed E-state index contributed by atoms with van der Waals surface area (Å²) in [6.45, 7) is 18.4. The molecule has 3 atom stereocenters. The molecule has 0 aliphatic rings. The van der Waals surface area contributed by atoms with Gasteiger partial charge in [-0.2, -0.15) is 0 Å². The zero-order chi connectivity index (χ0) is 58.2. The highest BCUT2D eigenvalue weighted by atomic mass is 31.2. The highest BCUT2D eigenvalue weighted by Crippen LogP contribution is 2.50. The molecule has 0 aromatic heterocycles. The molecule has 0 saturated carbocycles. The Bertz CT molecular complexity index is 2570. The number of ether oxygens (including phenoxy) is 6. The van der Waals surface area contributed by atoms with E-state index in [1.165, 1.54) is 0 Å². The first-order valence-electron chi connectivity index (χ1n) is 26.4. The molecule has 21 heteroatoms. The number of hydrogen-bond acceptors (Lipinski definition) is 16. The fourth-order valence-electron chi connectivity index (χ4n) is 7.16. The van der Waals surface area contributed by atoms with Crippen molar-refractivity contribution in [1.82, 2.24) is 0 Å². The number of nitrogens with one attached hydrogen (secondary N) is 4. The van der Waals surface area contributed by atoms with Crippen LogP contribution >= 0.6 is 7.82 Å². The van der Waals surface area contributed by atoms with Crippen molar-refractivity contribution >= 4 is 66.9 Å². The maximum Gasteiger partial charge on any atom is 0.530 e. The van der Waals surface area contributed by atoms with Crippen LogP contribution in [-0.2, 0) is 51.6 Å². The van der Waals surface area contributed by atoms with Crippen LogP contribution in [0.1, 0.15) is 81.8 Å². The highest BCUT2D eigenvalue weighted by Gasteiger charge is 2.28. The molecule has 0 bridgehead atoms. The fraction of sp³-hybridized carbons (Fsp3) is 0.390. The first kappa shape index (κ1) is 66.4. The molecule has 0 heterocycles. The van der Waals surface area contributed by atoms with Crippen LogP contribution in [0.5, 0.6) is 5.75 Å². The molecule has 0 radical (unpaired) electrons. The van der Waals surface area contributed by atoms with Gasteiger partial charge in [0.25, 0.3) is 0 Å². The molecule has 0 saturated heterocycles. The van der Waals surface area contributed by atoms with Crippen molar-refractivity contribution in [3.05, 3.63) is 153 Å². The van der Waals surface area contributed by atoms with Crippen LogP contribution in [0.15, 0.2) is 142 Å². The lowest BCUT2D eigenvalue weighted by molar-refractivity contribution is -0.139. The third-order valence-electron chi connectivity index (χ3n) is 11.4. The monoisotopic (exact) mass is 1130 g/mol. The van der Waals surface area contributed by atoms with Crippen LogP contribution in [0.2, 0.25) is 0 Å². The summed E-state index contributed by atoms with van der Waals surface area (Å²) in [5, 5.41) is 10.6. The normalized spacial score (nSPS) is 12.4.